The van der Waals surface area contributed by atoms with E-state index in [0.29, 0.717) is 0 Å². The summed E-state index contributed by atoms with van der Waals surface area (Å²) < 4.78 is 5.57. The molecule has 0 saturated carbocycles. The summed E-state index contributed by atoms with van der Waals surface area (Å²) in [6.07, 6.45) is 3.53. The molecule has 0 aromatic heterocycles. The first-order chi connectivity index (χ1) is 9.24. The fraction of sp³-hybridized carbons (Fsp3) is 0.533. The summed E-state index contributed by atoms with van der Waals surface area (Å²) in [4.78, 5) is 13.7. The fourth-order valence-electron chi connectivity index (χ4n) is 2.86. The molecule has 102 valence electrons. The maximum absolute atomic E-state index is 11.9. The number of hydrogen-bond donors (Lipinski definition) is 1. The largest absolute Gasteiger partial charge is 0.484 e. The first kappa shape index (κ1) is 12.5. The standard InChI is InChI=1S/C15H19NO3/c17-14-6-3-11-9-12(4-5-13(11)14)19-10-15(18)16-7-1-2-8-16/h4-5,9,14,17H,1-3,6-8,10H2/t14-/m1/s1. The van der Waals surface area contributed by atoms with Crippen LogP contribution in [0.1, 0.15) is 36.5 Å². The van der Waals surface area contributed by atoms with E-state index in [2.05, 4.69) is 0 Å². The number of likely N-dealkylation sites (tertiary alicyclic amines) is 1. The van der Waals surface area contributed by atoms with Gasteiger partial charge in [0.1, 0.15) is 5.75 Å². The van der Waals surface area contributed by atoms with Crippen molar-refractivity contribution in [1.82, 2.24) is 4.90 Å². The molecule has 1 aromatic rings. The monoisotopic (exact) mass is 261 g/mol. The van der Waals surface area contributed by atoms with Gasteiger partial charge in [0.2, 0.25) is 0 Å². The lowest BCUT2D eigenvalue weighted by Crippen LogP contribution is -2.32. The second kappa shape index (κ2) is 5.21. The van der Waals surface area contributed by atoms with Crippen LogP contribution in [0.2, 0.25) is 0 Å². The molecule has 1 N–H and O–H groups in total. The predicted molar refractivity (Wildman–Crippen MR) is 71.0 cm³/mol. The molecule has 19 heavy (non-hydrogen) atoms. The number of aliphatic hydroxyl groups excluding tert-OH is 1. The number of ether oxygens (including phenoxy) is 1. The maximum atomic E-state index is 11.9. The van der Waals surface area contributed by atoms with Crippen molar-refractivity contribution in [3.05, 3.63) is 29.3 Å². The number of aryl methyl sites for hydroxylation is 1. The summed E-state index contributed by atoms with van der Waals surface area (Å²) >= 11 is 0. The number of carbonyl (C=O) groups is 1. The fourth-order valence-corrected chi connectivity index (χ4v) is 2.86. The lowest BCUT2D eigenvalue weighted by Gasteiger charge is -2.15. The summed E-state index contributed by atoms with van der Waals surface area (Å²) in [5.74, 6) is 0.790. The van der Waals surface area contributed by atoms with Gasteiger partial charge >= 0.3 is 0 Å². The van der Waals surface area contributed by atoms with Gasteiger partial charge in [-0.05, 0) is 48.9 Å². The van der Waals surface area contributed by atoms with E-state index in [1.54, 1.807) is 0 Å². The van der Waals surface area contributed by atoms with Crippen LogP contribution in [0.5, 0.6) is 5.75 Å². The van der Waals surface area contributed by atoms with E-state index in [9.17, 15) is 9.90 Å². The molecule has 1 aromatic carbocycles. The molecule has 2 aliphatic rings. The van der Waals surface area contributed by atoms with Gasteiger partial charge in [0.05, 0.1) is 6.10 Å². The summed E-state index contributed by atoms with van der Waals surface area (Å²) in [6.45, 7) is 1.83. The Balaban J connectivity index is 1.60. The van der Waals surface area contributed by atoms with Crippen LogP contribution in [0.25, 0.3) is 0 Å². The molecular formula is C15H19NO3. The smallest absolute Gasteiger partial charge is 0.260 e. The molecule has 1 saturated heterocycles. The summed E-state index contributed by atoms with van der Waals surface area (Å²) in [5, 5.41) is 9.73. The van der Waals surface area contributed by atoms with E-state index in [-0.39, 0.29) is 18.6 Å². The van der Waals surface area contributed by atoms with Crippen molar-refractivity contribution in [1.29, 1.82) is 0 Å². The average molecular weight is 261 g/mol. The van der Waals surface area contributed by atoms with E-state index >= 15 is 0 Å². The molecule has 4 heteroatoms. The zero-order chi connectivity index (χ0) is 13.2. The number of carbonyl (C=O) groups excluding carboxylic acids is 1. The molecule has 1 aliphatic carbocycles. The number of hydrogen-bond acceptors (Lipinski definition) is 3. The molecule has 1 aliphatic heterocycles. The molecule has 0 unspecified atom stereocenters. The number of fused-ring (bicyclic) bond motifs is 1. The van der Waals surface area contributed by atoms with Gasteiger partial charge in [-0.3, -0.25) is 4.79 Å². The van der Waals surface area contributed by atoms with Gasteiger partial charge in [0.25, 0.3) is 5.91 Å². The summed E-state index contributed by atoms with van der Waals surface area (Å²) in [5.41, 5.74) is 2.14. The third-order valence-corrected chi connectivity index (χ3v) is 3.98. The predicted octanol–water partition coefficient (Wildman–Crippen LogP) is 1.67. The molecule has 0 bridgehead atoms. The molecule has 1 amide bonds. The molecule has 3 rings (SSSR count). The van der Waals surface area contributed by atoms with Crippen molar-refractivity contribution in [2.24, 2.45) is 0 Å². The van der Waals surface area contributed by atoms with E-state index in [1.165, 1.54) is 0 Å². The van der Waals surface area contributed by atoms with Gasteiger partial charge in [-0.25, -0.2) is 0 Å². The number of nitrogens with zero attached hydrogens (tertiary/aromatic N) is 1. The number of benzene rings is 1. The normalized spacial score (nSPS) is 21.5. The second-order valence-electron chi connectivity index (χ2n) is 5.29. The topological polar surface area (TPSA) is 49.8 Å². The quantitative estimate of drug-likeness (QED) is 0.900. The minimum Gasteiger partial charge on any atom is -0.484 e. The van der Waals surface area contributed by atoms with Crippen molar-refractivity contribution in [2.75, 3.05) is 19.7 Å². The Labute approximate surface area is 113 Å². The van der Waals surface area contributed by atoms with E-state index in [4.69, 9.17) is 4.74 Å². The van der Waals surface area contributed by atoms with E-state index < -0.39 is 0 Å². The molecule has 0 radical (unpaired) electrons. The van der Waals surface area contributed by atoms with Crippen LogP contribution in [0, 0.1) is 0 Å². The highest BCUT2D eigenvalue weighted by Crippen LogP contribution is 2.33. The molecule has 4 nitrogen and oxygen atoms in total. The average Bonchev–Trinajstić information content (AvgIpc) is 3.06. The first-order valence-electron chi connectivity index (χ1n) is 6.95. The van der Waals surface area contributed by atoms with Crippen molar-refractivity contribution in [2.45, 2.75) is 31.8 Å². The van der Waals surface area contributed by atoms with Crippen LogP contribution in [-0.4, -0.2) is 35.6 Å². The highest BCUT2D eigenvalue weighted by Gasteiger charge is 2.21. The van der Waals surface area contributed by atoms with Crippen molar-refractivity contribution in [3.63, 3.8) is 0 Å². The molecular weight excluding hydrogens is 242 g/mol. The zero-order valence-electron chi connectivity index (χ0n) is 11.0. The minimum atomic E-state index is -0.338. The van der Waals surface area contributed by atoms with Gasteiger partial charge in [-0.2, -0.15) is 0 Å². The van der Waals surface area contributed by atoms with Crippen LogP contribution < -0.4 is 4.74 Å². The van der Waals surface area contributed by atoms with Crippen molar-refractivity contribution < 1.29 is 14.6 Å². The highest BCUT2D eigenvalue weighted by molar-refractivity contribution is 5.78. The van der Waals surface area contributed by atoms with Crippen molar-refractivity contribution in [3.8, 4) is 5.75 Å². The molecule has 1 atom stereocenters. The third-order valence-electron chi connectivity index (χ3n) is 3.98. The van der Waals surface area contributed by atoms with Crippen LogP contribution >= 0.6 is 0 Å². The third kappa shape index (κ3) is 2.59. The lowest BCUT2D eigenvalue weighted by atomic mass is 10.1. The Hall–Kier alpha value is -1.55. The van der Waals surface area contributed by atoms with Gasteiger partial charge in [0, 0.05) is 13.1 Å². The van der Waals surface area contributed by atoms with E-state index in [1.807, 2.05) is 23.1 Å². The van der Waals surface area contributed by atoms with Crippen LogP contribution in [0.3, 0.4) is 0 Å². The molecule has 0 spiro atoms. The Morgan fingerprint density at radius 2 is 2.16 bits per heavy atom. The van der Waals surface area contributed by atoms with Gasteiger partial charge in [-0.1, -0.05) is 6.07 Å². The summed E-state index contributed by atoms with van der Waals surface area (Å²) in [7, 11) is 0. The first-order valence-corrected chi connectivity index (χ1v) is 6.95. The Bertz CT molecular complexity index is 480. The van der Waals surface area contributed by atoms with Crippen molar-refractivity contribution >= 4 is 5.91 Å². The zero-order valence-corrected chi connectivity index (χ0v) is 11.0. The maximum Gasteiger partial charge on any atom is 0.260 e. The van der Waals surface area contributed by atoms with Crippen LogP contribution in [0.15, 0.2) is 18.2 Å². The molecule has 1 heterocycles. The Kier molecular flexibility index (Phi) is 3.42. The van der Waals surface area contributed by atoms with Gasteiger partial charge in [-0.15, -0.1) is 0 Å². The number of amides is 1. The van der Waals surface area contributed by atoms with Gasteiger partial charge in [0.15, 0.2) is 6.61 Å². The lowest BCUT2D eigenvalue weighted by molar-refractivity contribution is -0.132. The van der Waals surface area contributed by atoms with E-state index in [0.717, 1.165) is 55.6 Å². The second-order valence-corrected chi connectivity index (χ2v) is 5.29. The highest BCUT2D eigenvalue weighted by atomic mass is 16.5. The minimum absolute atomic E-state index is 0.0676. The van der Waals surface area contributed by atoms with Crippen LogP contribution in [0.4, 0.5) is 0 Å². The number of aliphatic hydroxyl groups is 1. The SMILES string of the molecule is O=C(COc1ccc2c(c1)CC[C@H]2O)N1CCCC1. The summed E-state index contributed by atoms with van der Waals surface area (Å²) in [6, 6.07) is 5.69. The number of rotatable bonds is 3. The Morgan fingerprint density at radius 3 is 2.95 bits per heavy atom. The van der Waals surface area contributed by atoms with Gasteiger partial charge < -0.3 is 14.7 Å². The van der Waals surface area contributed by atoms with Crippen LogP contribution in [-0.2, 0) is 11.2 Å². The Morgan fingerprint density at radius 1 is 1.37 bits per heavy atom. The molecule has 1 fully saturated rings.